The van der Waals surface area contributed by atoms with Crippen molar-refractivity contribution in [3.63, 3.8) is 0 Å². The Morgan fingerprint density at radius 3 is 2.43 bits per heavy atom. The van der Waals surface area contributed by atoms with E-state index in [1.807, 2.05) is 36.4 Å². The predicted octanol–water partition coefficient (Wildman–Crippen LogP) is 3.19. The molecule has 6 nitrogen and oxygen atoms in total. The van der Waals surface area contributed by atoms with Crippen LogP contribution in [0.1, 0.15) is 24.2 Å². The predicted molar refractivity (Wildman–Crippen MR) is 105 cm³/mol. The zero-order valence-corrected chi connectivity index (χ0v) is 16.2. The van der Waals surface area contributed by atoms with Crippen molar-refractivity contribution in [2.75, 3.05) is 20.8 Å². The van der Waals surface area contributed by atoms with E-state index in [-0.39, 0.29) is 5.78 Å². The molecule has 28 heavy (non-hydrogen) atoms. The number of nitrogens with zero attached hydrogens (tertiary/aromatic N) is 1. The summed E-state index contributed by atoms with van der Waals surface area (Å²) in [6.45, 7) is 2.15. The largest absolute Gasteiger partial charge is 0.493 e. The fraction of sp³-hybridized carbons (Fsp3) is 0.318. The minimum absolute atomic E-state index is 0.261. The molecule has 0 radical (unpaired) electrons. The van der Waals surface area contributed by atoms with Crippen molar-refractivity contribution in [1.29, 1.82) is 0 Å². The average molecular weight is 381 g/mol. The second-order valence-corrected chi connectivity index (χ2v) is 6.53. The van der Waals surface area contributed by atoms with Gasteiger partial charge in [-0.15, -0.1) is 0 Å². The van der Waals surface area contributed by atoms with Crippen LogP contribution in [-0.4, -0.2) is 38.2 Å². The first kappa shape index (κ1) is 19.6. The SMILES string of the molecule is COc1ccc(CCN=C(C)C2C(=O)O[C@H](c3ccccc3)C2=O)cc1OC. The zero-order valence-electron chi connectivity index (χ0n) is 16.2. The highest BCUT2D eigenvalue weighted by Gasteiger charge is 2.45. The first-order chi connectivity index (χ1) is 13.5. The first-order valence-electron chi connectivity index (χ1n) is 9.06. The Kier molecular flexibility index (Phi) is 6.09. The van der Waals surface area contributed by atoms with E-state index in [1.54, 1.807) is 33.3 Å². The number of carbonyl (C=O) groups excluding carboxylic acids is 2. The summed E-state index contributed by atoms with van der Waals surface area (Å²) < 4.78 is 15.8. The van der Waals surface area contributed by atoms with Crippen molar-refractivity contribution in [3.05, 3.63) is 59.7 Å². The van der Waals surface area contributed by atoms with Crippen LogP contribution >= 0.6 is 0 Å². The van der Waals surface area contributed by atoms with Crippen molar-refractivity contribution in [2.45, 2.75) is 19.4 Å². The number of methoxy groups -OCH3 is 2. The molecule has 1 aliphatic heterocycles. The van der Waals surface area contributed by atoms with Crippen LogP contribution < -0.4 is 9.47 Å². The molecule has 2 aromatic rings. The third-order valence-electron chi connectivity index (χ3n) is 4.74. The summed E-state index contributed by atoms with van der Waals surface area (Å²) in [5, 5.41) is 0. The summed E-state index contributed by atoms with van der Waals surface area (Å²) in [7, 11) is 3.18. The molecule has 6 heteroatoms. The van der Waals surface area contributed by atoms with Gasteiger partial charge >= 0.3 is 5.97 Å². The minimum Gasteiger partial charge on any atom is -0.493 e. The van der Waals surface area contributed by atoms with Crippen LogP contribution in [-0.2, 0) is 20.7 Å². The third kappa shape index (κ3) is 4.06. The van der Waals surface area contributed by atoms with Gasteiger partial charge in [-0.2, -0.15) is 0 Å². The van der Waals surface area contributed by atoms with E-state index in [2.05, 4.69) is 4.99 Å². The van der Waals surface area contributed by atoms with Crippen LogP contribution in [0.4, 0.5) is 0 Å². The number of aliphatic imine (C=N–C) groups is 1. The van der Waals surface area contributed by atoms with Gasteiger partial charge in [0.2, 0.25) is 0 Å². The molecule has 0 amide bonds. The van der Waals surface area contributed by atoms with E-state index < -0.39 is 18.0 Å². The minimum atomic E-state index is -0.935. The lowest BCUT2D eigenvalue weighted by molar-refractivity contribution is -0.143. The van der Waals surface area contributed by atoms with Crippen LogP contribution in [0, 0.1) is 5.92 Å². The molecule has 0 bridgehead atoms. The summed E-state index contributed by atoms with van der Waals surface area (Å²) in [5.74, 6) is -0.413. The molecular weight excluding hydrogens is 358 g/mol. The maximum absolute atomic E-state index is 12.7. The molecule has 0 N–H and O–H groups in total. The molecule has 0 spiro atoms. The molecule has 1 fully saturated rings. The van der Waals surface area contributed by atoms with Crippen molar-refractivity contribution < 1.29 is 23.8 Å². The van der Waals surface area contributed by atoms with E-state index in [4.69, 9.17) is 14.2 Å². The first-order valence-corrected chi connectivity index (χ1v) is 9.06. The summed E-state index contributed by atoms with van der Waals surface area (Å²) in [4.78, 5) is 29.4. The Bertz CT molecular complexity index is 891. The van der Waals surface area contributed by atoms with E-state index in [9.17, 15) is 9.59 Å². The van der Waals surface area contributed by atoms with Gasteiger partial charge < -0.3 is 14.2 Å². The van der Waals surface area contributed by atoms with Gasteiger partial charge in [0.15, 0.2) is 29.3 Å². The van der Waals surface area contributed by atoms with Crippen LogP contribution in [0.2, 0.25) is 0 Å². The van der Waals surface area contributed by atoms with Gasteiger partial charge in [-0.1, -0.05) is 36.4 Å². The highest BCUT2D eigenvalue weighted by molar-refractivity contribution is 6.22. The van der Waals surface area contributed by atoms with Gasteiger partial charge in [0.25, 0.3) is 0 Å². The van der Waals surface area contributed by atoms with Crippen LogP contribution in [0.25, 0.3) is 0 Å². The lowest BCUT2D eigenvalue weighted by atomic mass is 9.95. The van der Waals surface area contributed by atoms with E-state index in [1.165, 1.54) is 0 Å². The summed E-state index contributed by atoms with van der Waals surface area (Å²) >= 11 is 0. The fourth-order valence-corrected chi connectivity index (χ4v) is 3.24. The number of ketones is 1. The van der Waals surface area contributed by atoms with Gasteiger partial charge in [-0.05, 0) is 31.0 Å². The fourth-order valence-electron chi connectivity index (χ4n) is 3.24. The topological polar surface area (TPSA) is 74.2 Å². The smallest absolute Gasteiger partial charge is 0.323 e. The summed E-state index contributed by atoms with van der Waals surface area (Å²) in [6.07, 6.45) is -0.204. The van der Waals surface area contributed by atoms with Gasteiger partial charge in [-0.3, -0.25) is 14.6 Å². The van der Waals surface area contributed by atoms with Crippen LogP contribution in [0.3, 0.4) is 0 Å². The molecule has 1 aliphatic rings. The van der Waals surface area contributed by atoms with Gasteiger partial charge in [-0.25, -0.2) is 0 Å². The van der Waals surface area contributed by atoms with E-state index in [0.717, 1.165) is 5.56 Å². The van der Waals surface area contributed by atoms with Crippen molar-refractivity contribution in [1.82, 2.24) is 0 Å². The Labute approximate surface area is 164 Å². The van der Waals surface area contributed by atoms with Gasteiger partial charge in [0, 0.05) is 17.8 Å². The highest BCUT2D eigenvalue weighted by atomic mass is 16.6. The van der Waals surface area contributed by atoms with E-state index in [0.29, 0.717) is 35.7 Å². The summed E-state index contributed by atoms with van der Waals surface area (Å²) in [6, 6.07) is 14.7. The second kappa shape index (κ2) is 8.69. The Morgan fingerprint density at radius 2 is 1.75 bits per heavy atom. The quantitative estimate of drug-likeness (QED) is 0.418. The number of hydrogen-bond donors (Lipinski definition) is 0. The van der Waals surface area contributed by atoms with Crippen molar-refractivity contribution >= 4 is 17.5 Å². The molecule has 2 aromatic carbocycles. The standard InChI is InChI=1S/C22H23NO5/c1-14(23-12-11-15-9-10-17(26-2)18(13-15)27-3)19-20(24)21(28-22(19)25)16-7-5-4-6-8-16/h4-10,13,19,21H,11-12H2,1-3H3/t19?,21-/m1/s1. The maximum Gasteiger partial charge on any atom is 0.323 e. The second-order valence-electron chi connectivity index (χ2n) is 6.53. The van der Waals surface area contributed by atoms with Crippen LogP contribution in [0.5, 0.6) is 11.5 Å². The number of esters is 1. The molecule has 0 aliphatic carbocycles. The number of benzene rings is 2. The van der Waals surface area contributed by atoms with Crippen molar-refractivity contribution in [2.24, 2.45) is 10.9 Å². The number of cyclic esters (lactones) is 1. The molecule has 0 aromatic heterocycles. The number of rotatable bonds is 7. The zero-order chi connectivity index (χ0) is 20.1. The molecular formula is C22H23NO5. The maximum atomic E-state index is 12.7. The monoisotopic (exact) mass is 381 g/mol. The molecule has 2 atom stereocenters. The molecule has 1 heterocycles. The number of Topliss-reactive ketones (excluding diaryl/α,β-unsaturated/α-hetero) is 1. The highest BCUT2D eigenvalue weighted by Crippen LogP contribution is 2.31. The molecule has 3 rings (SSSR count). The summed E-state index contributed by atoms with van der Waals surface area (Å²) in [5.41, 5.74) is 2.19. The Hall–Kier alpha value is -3.15. The average Bonchev–Trinajstić information content (AvgIpc) is 3.02. The van der Waals surface area contributed by atoms with Crippen LogP contribution in [0.15, 0.2) is 53.5 Å². The number of carbonyl (C=O) groups is 2. The van der Waals surface area contributed by atoms with E-state index >= 15 is 0 Å². The number of hydrogen-bond acceptors (Lipinski definition) is 6. The molecule has 1 unspecified atom stereocenters. The normalized spacial score (nSPS) is 19.5. The molecule has 1 saturated heterocycles. The van der Waals surface area contributed by atoms with Gasteiger partial charge in [0.05, 0.1) is 14.2 Å². The lowest BCUT2D eigenvalue weighted by Gasteiger charge is -2.09. The Morgan fingerprint density at radius 1 is 1.04 bits per heavy atom. The molecule has 146 valence electrons. The third-order valence-corrected chi connectivity index (χ3v) is 4.74. The number of ether oxygens (including phenoxy) is 3. The molecule has 0 saturated carbocycles. The van der Waals surface area contributed by atoms with Gasteiger partial charge in [0.1, 0.15) is 0 Å². The Balaban J connectivity index is 1.67. The van der Waals surface area contributed by atoms with Crippen molar-refractivity contribution in [3.8, 4) is 11.5 Å². The lowest BCUT2D eigenvalue weighted by Crippen LogP contribution is -2.24.